The van der Waals surface area contributed by atoms with Crippen LogP contribution in [0.15, 0.2) is 47.8 Å². The van der Waals surface area contributed by atoms with Gasteiger partial charge in [-0.15, -0.1) is 11.3 Å². The summed E-state index contributed by atoms with van der Waals surface area (Å²) in [5, 5.41) is 5.60. The summed E-state index contributed by atoms with van der Waals surface area (Å²) in [5.41, 5.74) is 2.61. The van der Waals surface area contributed by atoms with Crippen molar-refractivity contribution in [3.05, 3.63) is 58.7 Å². The molecule has 1 atom stereocenters. The first-order valence-corrected chi connectivity index (χ1v) is 9.88. The van der Waals surface area contributed by atoms with Gasteiger partial charge < -0.3 is 10.1 Å². The number of hydrogen-bond acceptors (Lipinski definition) is 5. The Morgan fingerprint density at radius 1 is 1.28 bits per heavy atom. The Labute approximate surface area is 171 Å². The van der Waals surface area contributed by atoms with Crippen LogP contribution in [0.25, 0.3) is 11.3 Å². The van der Waals surface area contributed by atoms with Crippen molar-refractivity contribution >= 4 is 34.5 Å². The van der Waals surface area contributed by atoms with E-state index in [2.05, 4.69) is 10.3 Å². The van der Waals surface area contributed by atoms with Crippen molar-refractivity contribution in [3.63, 3.8) is 0 Å². The number of anilines is 2. The number of benzene rings is 2. The van der Waals surface area contributed by atoms with Gasteiger partial charge in [0.15, 0.2) is 6.61 Å². The zero-order valence-electron chi connectivity index (χ0n) is 15.8. The normalized spacial score (nSPS) is 14.2. The maximum atomic E-state index is 13.1. The summed E-state index contributed by atoms with van der Waals surface area (Å²) in [6, 6.07) is 10.1. The number of carbonyl (C=O) groups is 2. The van der Waals surface area contributed by atoms with E-state index in [1.807, 2.05) is 24.4 Å². The van der Waals surface area contributed by atoms with E-state index < -0.39 is 11.9 Å². The minimum absolute atomic E-state index is 0.143. The van der Waals surface area contributed by atoms with Gasteiger partial charge in [0, 0.05) is 16.6 Å². The first-order valence-electron chi connectivity index (χ1n) is 9.00. The van der Waals surface area contributed by atoms with Crippen LogP contribution in [0.4, 0.5) is 15.8 Å². The van der Waals surface area contributed by atoms with Crippen LogP contribution in [0, 0.1) is 12.7 Å². The number of halogens is 1. The number of aryl methyl sites for hydroxylation is 1. The highest BCUT2D eigenvalue weighted by molar-refractivity contribution is 7.09. The van der Waals surface area contributed by atoms with Crippen LogP contribution in [0.1, 0.15) is 11.9 Å². The van der Waals surface area contributed by atoms with Gasteiger partial charge in [0.05, 0.1) is 16.4 Å². The van der Waals surface area contributed by atoms with Gasteiger partial charge in [-0.05, 0) is 56.3 Å². The van der Waals surface area contributed by atoms with Crippen LogP contribution in [-0.4, -0.2) is 29.4 Å². The second-order valence-electron chi connectivity index (χ2n) is 6.66. The number of fused-ring (bicyclic) bond motifs is 1. The Hall–Kier alpha value is -3.26. The summed E-state index contributed by atoms with van der Waals surface area (Å²) in [5.74, 6) is -0.557. The van der Waals surface area contributed by atoms with Gasteiger partial charge in [-0.3, -0.25) is 14.5 Å². The molecule has 3 aromatic rings. The topological polar surface area (TPSA) is 71.5 Å². The molecule has 0 bridgehead atoms. The molecule has 0 radical (unpaired) electrons. The zero-order valence-corrected chi connectivity index (χ0v) is 16.6. The molecular formula is C21H18FN3O3S. The van der Waals surface area contributed by atoms with E-state index in [4.69, 9.17) is 4.74 Å². The number of nitrogens with zero attached hydrogens (tertiary/aromatic N) is 2. The smallest absolute Gasteiger partial charge is 0.265 e. The highest BCUT2D eigenvalue weighted by Crippen LogP contribution is 2.37. The number of nitrogens with one attached hydrogen (secondary N) is 1. The Morgan fingerprint density at radius 2 is 2.03 bits per heavy atom. The molecule has 4 rings (SSSR count). The van der Waals surface area contributed by atoms with Crippen LogP contribution in [0.2, 0.25) is 0 Å². The lowest BCUT2D eigenvalue weighted by atomic mass is 10.1. The van der Waals surface area contributed by atoms with Crippen molar-refractivity contribution < 1.29 is 18.7 Å². The molecule has 8 heteroatoms. The van der Waals surface area contributed by atoms with E-state index in [9.17, 15) is 14.0 Å². The molecule has 148 valence electrons. The number of hydrogen-bond donors (Lipinski definition) is 1. The summed E-state index contributed by atoms with van der Waals surface area (Å²) in [6.45, 7) is 3.43. The molecule has 0 fully saturated rings. The summed E-state index contributed by atoms with van der Waals surface area (Å²) < 4.78 is 18.6. The number of ether oxygens (including phenoxy) is 1. The molecule has 0 saturated carbocycles. The fraction of sp³-hybridized carbons (Fsp3) is 0.190. The standard InChI is InChI=1S/C21H18FN3O3S/c1-12(21(27)24-16-6-4-15(22)5-7-16)25-18-9-14(17-11-29-13(2)23-17)3-8-19(18)28-10-20(25)26/h3-9,11-12H,10H2,1-2H3,(H,24,27). The van der Waals surface area contributed by atoms with Gasteiger partial charge in [0.25, 0.3) is 5.91 Å². The van der Waals surface area contributed by atoms with Gasteiger partial charge in [-0.2, -0.15) is 0 Å². The number of aromatic nitrogens is 1. The van der Waals surface area contributed by atoms with E-state index in [0.29, 0.717) is 17.1 Å². The second-order valence-corrected chi connectivity index (χ2v) is 7.72. The highest BCUT2D eigenvalue weighted by Gasteiger charge is 2.33. The molecule has 0 aliphatic carbocycles. The predicted octanol–water partition coefficient (Wildman–Crippen LogP) is 4.01. The van der Waals surface area contributed by atoms with E-state index in [1.165, 1.54) is 40.5 Å². The van der Waals surface area contributed by atoms with Gasteiger partial charge in [-0.25, -0.2) is 9.37 Å². The molecule has 0 saturated heterocycles. The van der Waals surface area contributed by atoms with Crippen molar-refractivity contribution in [2.24, 2.45) is 0 Å². The lowest BCUT2D eigenvalue weighted by molar-refractivity contribution is -0.125. The summed E-state index contributed by atoms with van der Waals surface area (Å²) in [7, 11) is 0. The van der Waals surface area contributed by atoms with E-state index in [0.717, 1.165) is 16.3 Å². The number of carbonyl (C=O) groups excluding carboxylic acids is 2. The molecule has 1 N–H and O–H groups in total. The maximum Gasteiger partial charge on any atom is 0.265 e. The molecule has 0 spiro atoms. The van der Waals surface area contributed by atoms with Gasteiger partial charge >= 0.3 is 0 Å². The average Bonchev–Trinajstić information content (AvgIpc) is 3.15. The van der Waals surface area contributed by atoms with Crippen LogP contribution in [0.5, 0.6) is 5.75 Å². The van der Waals surface area contributed by atoms with Crippen molar-refractivity contribution in [1.82, 2.24) is 4.98 Å². The molecule has 1 aliphatic rings. The second kappa shape index (κ2) is 7.63. The molecular weight excluding hydrogens is 393 g/mol. The Kier molecular flexibility index (Phi) is 5.02. The van der Waals surface area contributed by atoms with Crippen molar-refractivity contribution in [3.8, 4) is 17.0 Å². The SMILES string of the molecule is Cc1nc(-c2ccc3c(c2)N(C(C)C(=O)Nc2ccc(F)cc2)C(=O)CO3)cs1. The lowest BCUT2D eigenvalue weighted by Crippen LogP contribution is -2.49. The minimum atomic E-state index is -0.789. The third-order valence-electron chi connectivity index (χ3n) is 4.63. The highest BCUT2D eigenvalue weighted by atomic mass is 32.1. The largest absolute Gasteiger partial charge is 0.482 e. The lowest BCUT2D eigenvalue weighted by Gasteiger charge is -2.33. The summed E-state index contributed by atoms with van der Waals surface area (Å²) in [6.07, 6.45) is 0. The molecule has 1 aromatic heterocycles. The molecule has 2 aromatic carbocycles. The Bertz CT molecular complexity index is 1080. The molecule has 2 amide bonds. The molecule has 6 nitrogen and oxygen atoms in total. The van der Waals surface area contributed by atoms with Crippen molar-refractivity contribution in [2.75, 3.05) is 16.8 Å². The number of rotatable bonds is 4. The quantitative estimate of drug-likeness (QED) is 0.704. The van der Waals surface area contributed by atoms with Gasteiger partial charge in [-0.1, -0.05) is 0 Å². The van der Waals surface area contributed by atoms with Crippen LogP contribution >= 0.6 is 11.3 Å². The van der Waals surface area contributed by atoms with Gasteiger partial charge in [0.1, 0.15) is 17.6 Å². The Balaban J connectivity index is 1.64. The molecule has 2 heterocycles. The summed E-state index contributed by atoms with van der Waals surface area (Å²) >= 11 is 1.54. The van der Waals surface area contributed by atoms with Gasteiger partial charge in [0.2, 0.25) is 5.91 Å². The first-order chi connectivity index (χ1) is 13.9. The van der Waals surface area contributed by atoms with E-state index in [-0.39, 0.29) is 18.4 Å². The molecule has 1 aliphatic heterocycles. The molecule has 29 heavy (non-hydrogen) atoms. The third kappa shape index (κ3) is 3.84. The average molecular weight is 411 g/mol. The van der Waals surface area contributed by atoms with E-state index >= 15 is 0 Å². The minimum Gasteiger partial charge on any atom is -0.482 e. The number of thiazole rings is 1. The fourth-order valence-electron chi connectivity index (χ4n) is 3.15. The van der Waals surface area contributed by atoms with Crippen molar-refractivity contribution in [2.45, 2.75) is 19.9 Å². The van der Waals surface area contributed by atoms with Crippen LogP contribution in [-0.2, 0) is 9.59 Å². The van der Waals surface area contributed by atoms with Crippen LogP contribution < -0.4 is 15.0 Å². The zero-order chi connectivity index (χ0) is 20.5. The predicted molar refractivity (Wildman–Crippen MR) is 110 cm³/mol. The van der Waals surface area contributed by atoms with E-state index in [1.54, 1.807) is 13.0 Å². The monoisotopic (exact) mass is 411 g/mol. The maximum absolute atomic E-state index is 13.1. The number of amides is 2. The Morgan fingerprint density at radius 3 is 2.72 bits per heavy atom. The third-order valence-corrected chi connectivity index (χ3v) is 5.41. The first kappa shape index (κ1) is 19.1. The summed E-state index contributed by atoms with van der Waals surface area (Å²) in [4.78, 5) is 31.3. The van der Waals surface area contributed by atoms with Crippen molar-refractivity contribution in [1.29, 1.82) is 0 Å². The van der Waals surface area contributed by atoms with Crippen LogP contribution in [0.3, 0.4) is 0 Å². The fourth-order valence-corrected chi connectivity index (χ4v) is 3.77. The molecule has 1 unspecified atom stereocenters.